The fourth-order valence-corrected chi connectivity index (χ4v) is 1.38. The van der Waals surface area contributed by atoms with Gasteiger partial charge in [-0.3, -0.25) is 0 Å². The van der Waals surface area contributed by atoms with Crippen LogP contribution in [-0.2, 0) is 24.2 Å². The zero-order chi connectivity index (χ0) is 7.68. The van der Waals surface area contributed by atoms with Crippen LogP contribution >= 0.6 is 0 Å². The Morgan fingerprint density at radius 1 is 1.55 bits per heavy atom. The molecule has 60 valence electrons. The van der Waals surface area contributed by atoms with Gasteiger partial charge in [-0.25, -0.2) is 0 Å². The van der Waals surface area contributed by atoms with Crippen molar-refractivity contribution in [1.29, 1.82) is 0 Å². The van der Waals surface area contributed by atoms with Gasteiger partial charge in [0.15, 0.2) is 0 Å². The molecule has 1 aliphatic heterocycles. The fraction of sp³-hybridized carbons (Fsp3) is 0.556. The minimum absolute atomic E-state index is 0.662. The molecule has 0 atom stereocenters. The van der Waals surface area contributed by atoms with Crippen LogP contribution in [0.5, 0.6) is 0 Å². The number of aryl methyl sites for hydroxylation is 1. The average Bonchev–Trinajstić information content (AvgIpc) is 2.46. The molecular weight excluding hydrogens is 140 g/mol. The largest absolute Gasteiger partial charge is 0.463 e. The van der Waals surface area contributed by atoms with Crippen LogP contribution in [-0.4, -0.2) is 6.61 Å². The summed E-state index contributed by atoms with van der Waals surface area (Å²) in [6.45, 7) is 3.61. The van der Waals surface area contributed by atoms with E-state index in [-0.39, 0.29) is 0 Å². The molecule has 0 amide bonds. The van der Waals surface area contributed by atoms with Gasteiger partial charge in [-0.2, -0.15) is 0 Å². The van der Waals surface area contributed by atoms with Crippen LogP contribution in [0.2, 0.25) is 0 Å². The van der Waals surface area contributed by atoms with Crippen molar-refractivity contribution in [2.45, 2.75) is 26.4 Å². The second kappa shape index (κ2) is 2.70. The molecular formula is C9H12O2. The van der Waals surface area contributed by atoms with Crippen molar-refractivity contribution in [1.82, 2.24) is 0 Å². The van der Waals surface area contributed by atoms with Crippen LogP contribution in [0.25, 0.3) is 0 Å². The lowest BCUT2D eigenvalue weighted by molar-refractivity contribution is 0.0932. The van der Waals surface area contributed by atoms with Crippen LogP contribution in [0.1, 0.15) is 24.0 Å². The van der Waals surface area contributed by atoms with Gasteiger partial charge in [-0.1, -0.05) is 6.92 Å². The van der Waals surface area contributed by atoms with Crippen LogP contribution < -0.4 is 0 Å². The first-order chi connectivity index (χ1) is 5.40. The van der Waals surface area contributed by atoms with Gasteiger partial charge in [0.1, 0.15) is 18.1 Å². The van der Waals surface area contributed by atoms with Crippen LogP contribution in [0, 0.1) is 0 Å². The van der Waals surface area contributed by atoms with Gasteiger partial charge in [0.2, 0.25) is 0 Å². The molecule has 11 heavy (non-hydrogen) atoms. The molecule has 0 saturated heterocycles. The van der Waals surface area contributed by atoms with E-state index in [4.69, 9.17) is 9.15 Å². The summed E-state index contributed by atoms with van der Waals surface area (Å²) in [7, 11) is 0. The van der Waals surface area contributed by atoms with Crippen molar-refractivity contribution in [2.75, 3.05) is 6.61 Å². The Morgan fingerprint density at radius 2 is 2.45 bits per heavy atom. The summed E-state index contributed by atoms with van der Waals surface area (Å²) in [5.41, 5.74) is 1.34. The molecule has 2 nitrogen and oxygen atoms in total. The maximum atomic E-state index is 5.53. The molecule has 0 saturated carbocycles. The Balaban J connectivity index is 2.32. The van der Waals surface area contributed by atoms with E-state index >= 15 is 0 Å². The third-order valence-corrected chi connectivity index (χ3v) is 2.05. The number of hydrogen-bond donors (Lipinski definition) is 0. The van der Waals surface area contributed by atoms with Gasteiger partial charge in [0, 0.05) is 6.42 Å². The second-order valence-electron chi connectivity index (χ2n) is 2.82. The molecule has 0 fully saturated rings. The first-order valence-corrected chi connectivity index (χ1v) is 4.08. The molecule has 0 N–H and O–H groups in total. The Bertz CT molecular complexity index is 227. The molecule has 2 heteroatoms. The lowest BCUT2D eigenvalue weighted by atomic mass is 10.1. The summed E-state index contributed by atoms with van der Waals surface area (Å²) < 4.78 is 10.8. The maximum Gasteiger partial charge on any atom is 0.133 e. The Hall–Kier alpha value is -0.760. The van der Waals surface area contributed by atoms with Crippen LogP contribution in [0.4, 0.5) is 0 Å². The summed E-state index contributed by atoms with van der Waals surface area (Å²) in [4.78, 5) is 0. The monoisotopic (exact) mass is 152 g/mol. The van der Waals surface area contributed by atoms with Gasteiger partial charge < -0.3 is 9.15 Å². The fourth-order valence-electron chi connectivity index (χ4n) is 1.38. The van der Waals surface area contributed by atoms with Crippen molar-refractivity contribution in [3.8, 4) is 0 Å². The van der Waals surface area contributed by atoms with Crippen LogP contribution in [0.15, 0.2) is 10.5 Å². The van der Waals surface area contributed by atoms with Gasteiger partial charge in [0.05, 0.1) is 6.61 Å². The lowest BCUT2D eigenvalue weighted by Crippen LogP contribution is -2.06. The van der Waals surface area contributed by atoms with Gasteiger partial charge in [-0.05, 0) is 18.1 Å². The minimum atomic E-state index is 0.662. The second-order valence-corrected chi connectivity index (χ2v) is 2.82. The molecule has 0 spiro atoms. The quantitative estimate of drug-likeness (QED) is 0.613. The number of hydrogen-bond acceptors (Lipinski definition) is 2. The molecule has 0 bridgehead atoms. The van der Waals surface area contributed by atoms with Crippen LogP contribution in [0.3, 0.4) is 0 Å². The van der Waals surface area contributed by atoms with Gasteiger partial charge in [-0.15, -0.1) is 0 Å². The number of rotatable bonds is 1. The van der Waals surface area contributed by atoms with E-state index in [1.54, 1.807) is 0 Å². The highest BCUT2D eigenvalue weighted by molar-refractivity contribution is 5.22. The molecule has 1 aromatic heterocycles. The zero-order valence-corrected chi connectivity index (χ0v) is 6.72. The zero-order valence-electron chi connectivity index (χ0n) is 6.72. The predicted octanol–water partition coefficient (Wildman–Crippen LogP) is 1.91. The van der Waals surface area contributed by atoms with Gasteiger partial charge >= 0.3 is 0 Å². The normalized spacial score (nSPS) is 16.5. The predicted molar refractivity (Wildman–Crippen MR) is 41.4 cm³/mol. The first kappa shape index (κ1) is 6.92. The van der Waals surface area contributed by atoms with Crippen molar-refractivity contribution in [3.63, 3.8) is 0 Å². The van der Waals surface area contributed by atoms with Crippen molar-refractivity contribution in [2.24, 2.45) is 0 Å². The first-order valence-electron chi connectivity index (χ1n) is 4.08. The molecule has 2 heterocycles. The van der Waals surface area contributed by atoms with Crippen molar-refractivity contribution >= 4 is 0 Å². The van der Waals surface area contributed by atoms with E-state index in [2.05, 4.69) is 13.0 Å². The van der Waals surface area contributed by atoms with Gasteiger partial charge in [0.25, 0.3) is 0 Å². The molecule has 2 rings (SSSR count). The highest BCUT2D eigenvalue weighted by Crippen LogP contribution is 2.21. The summed E-state index contributed by atoms with van der Waals surface area (Å²) >= 11 is 0. The van der Waals surface area contributed by atoms with E-state index < -0.39 is 0 Å². The number of fused-ring (bicyclic) bond motifs is 1. The molecule has 1 aromatic rings. The van der Waals surface area contributed by atoms with E-state index in [0.717, 1.165) is 31.0 Å². The Morgan fingerprint density at radius 3 is 3.18 bits per heavy atom. The summed E-state index contributed by atoms with van der Waals surface area (Å²) in [6.07, 6.45) is 1.99. The number of ether oxygens (including phenoxy) is 1. The maximum absolute atomic E-state index is 5.53. The van der Waals surface area contributed by atoms with E-state index in [1.165, 1.54) is 5.56 Å². The summed E-state index contributed by atoms with van der Waals surface area (Å²) in [5, 5.41) is 0. The highest BCUT2D eigenvalue weighted by atomic mass is 16.5. The molecule has 0 radical (unpaired) electrons. The Kier molecular flexibility index (Phi) is 1.70. The van der Waals surface area contributed by atoms with Crippen molar-refractivity contribution in [3.05, 3.63) is 23.2 Å². The summed E-state index contributed by atoms with van der Waals surface area (Å²) in [5.74, 6) is 2.12. The SMILES string of the molecule is CCc1cc2c(o1)COCC2. The third kappa shape index (κ3) is 1.18. The molecule has 0 aliphatic carbocycles. The Labute approximate surface area is 66.2 Å². The molecule has 0 unspecified atom stereocenters. The van der Waals surface area contributed by atoms with E-state index in [9.17, 15) is 0 Å². The third-order valence-electron chi connectivity index (χ3n) is 2.05. The number of furan rings is 1. The smallest absolute Gasteiger partial charge is 0.133 e. The average molecular weight is 152 g/mol. The lowest BCUT2D eigenvalue weighted by Gasteiger charge is -2.08. The van der Waals surface area contributed by atoms with Crippen molar-refractivity contribution < 1.29 is 9.15 Å². The topological polar surface area (TPSA) is 22.4 Å². The summed E-state index contributed by atoms with van der Waals surface area (Å²) in [6, 6.07) is 2.15. The highest BCUT2D eigenvalue weighted by Gasteiger charge is 2.13. The standard InChI is InChI=1S/C9H12O2/c1-2-8-5-7-3-4-10-6-9(7)11-8/h5H,2-4,6H2,1H3. The van der Waals surface area contributed by atoms with E-state index in [1.807, 2.05) is 0 Å². The van der Waals surface area contributed by atoms with E-state index in [0.29, 0.717) is 6.61 Å². The molecule has 0 aromatic carbocycles. The minimum Gasteiger partial charge on any atom is -0.463 e. The molecule has 1 aliphatic rings.